The van der Waals surface area contributed by atoms with Crippen LogP contribution in [-0.2, 0) is 4.79 Å². The van der Waals surface area contributed by atoms with Gasteiger partial charge in [0, 0.05) is 12.6 Å². The molecule has 0 spiro atoms. The maximum atomic E-state index is 10.9. The zero-order valence-electron chi connectivity index (χ0n) is 10.2. The topological polar surface area (TPSA) is 75.3 Å². The van der Waals surface area contributed by atoms with Gasteiger partial charge in [0.1, 0.15) is 6.04 Å². The molecule has 0 aromatic rings. The summed E-state index contributed by atoms with van der Waals surface area (Å²) in [5, 5.41) is 11.9. The van der Waals surface area contributed by atoms with E-state index >= 15 is 0 Å². The van der Waals surface area contributed by atoms with Gasteiger partial charge < -0.3 is 16.2 Å². The van der Waals surface area contributed by atoms with Crippen LogP contribution < -0.4 is 11.1 Å². The van der Waals surface area contributed by atoms with Gasteiger partial charge in [-0.2, -0.15) is 0 Å². The number of nitrogens with two attached hydrogens (primary N) is 1. The average molecular weight is 216 g/mol. The molecule has 0 heterocycles. The molecule has 15 heavy (non-hydrogen) atoms. The van der Waals surface area contributed by atoms with Crippen LogP contribution in [0.15, 0.2) is 0 Å². The van der Waals surface area contributed by atoms with E-state index in [9.17, 15) is 4.79 Å². The molecule has 0 bridgehead atoms. The minimum atomic E-state index is -0.804. The zero-order valence-corrected chi connectivity index (χ0v) is 10.2. The summed E-state index contributed by atoms with van der Waals surface area (Å²) in [6, 6.07) is -0.464. The lowest BCUT2D eigenvalue weighted by molar-refractivity contribution is -0.140. The van der Waals surface area contributed by atoms with Gasteiger partial charge in [-0.25, -0.2) is 0 Å². The standard InChI is InChI=1S/C11H24N2O2/c1-7(2)5-9(12)6-13-10(8(3)4)11(14)15/h7-10,13H,5-6,12H2,1-4H3,(H,14,15)/t9?,10-/m0/s1. The molecule has 0 aromatic carbocycles. The van der Waals surface area contributed by atoms with Crippen molar-refractivity contribution in [1.29, 1.82) is 0 Å². The van der Waals surface area contributed by atoms with E-state index in [1.807, 2.05) is 13.8 Å². The Morgan fingerprint density at radius 1 is 1.33 bits per heavy atom. The second-order valence-electron chi connectivity index (χ2n) is 4.86. The van der Waals surface area contributed by atoms with E-state index in [-0.39, 0.29) is 12.0 Å². The average Bonchev–Trinajstić information content (AvgIpc) is 2.00. The third-order valence-electron chi connectivity index (χ3n) is 2.31. The molecule has 0 aliphatic rings. The summed E-state index contributed by atoms with van der Waals surface area (Å²) in [6.07, 6.45) is 0.914. The molecule has 0 aliphatic carbocycles. The quantitative estimate of drug-likeness (QED) is 0.595. The van der Waals surface area contributed by atoms with Gasteiger partial charge in [0.25, 0.3) is 0 Å². The predicted octanol–water partition coefficient (Wildman–Crippen LogP) is 1.06. The van der Waals surface area contributed by atoms with Crippen LogP contribution in [0.3, 0.4) is 0 Å². The van der Waals surface area contributed by atoms with Crippen molar-refractivity contribution in [2.45, 2.75) is 46.2 Å². The highest BCUT2D eigenvalue weighted by Crippen LogP contribution is 2.04. The Labute approximate surface area is 92.2 Å². The van der Waals surface area contributed by atoms with Crippen LogP contribution >= 0.6 is 0 Å². The summed E-state index contributed by atoms with van der Waals surface area (Å²) < 4.78 is 0. The van der Waals surface area contributed by atoms with Crippen LogP contribution in [0, 0.1) is 11.8 Å². The Hall–Kier alpha value is -0.610. The van der Waals surface area contributed by atoms with Crippen LogP contribution in [0.4, 0.5) is 0 Å². The summed E-state index contributed by atoms with van der Waals surface area (Å²) >= 11 is 0. The first-order valence-corrected chi connectivity index (χ1v) is 5.56. The van der Waals surface area contributed by atoms with Gasteiger partial charge in [0.15, 0.2) is 0 Å². The van der Waals surface area contributed by atoms with Crippen LogP contribution in [0.2, 0.25) is 0 Å². The van der Waals surface area contributed by atoms with Gasteiger partial charge in [-0.05, 0) is 18.3 Å². The Balaban J connectivity index is 3.94. The Morgan fingerprint density at radius 2 is 1.87 bits per heavy atom. The molecular formula is C11H24N2O2. The Morgan fingerprint density at radius 3 is 2.20 bits per heavy atom. The van der Waals surface area contributed by atoms with Crippen molar-refractivity contribution in [2.75, 3.05) is 6.54 Å². The fourth-order valence-corrected chi connectivity index (χ4v) is 1.58. The van der Waals surface area contributed by atoms with Crippen LogP contribution in [0.1, 0.15) is 34.1 Å². The fourth-order valence-electron chi connectivity index (χ4n) is 1.58. The minimum absolute atomic E-state index is 0.0330. The van der Waals surface area contributed by atoms with E-state index in [0.717, 1.165) is 6.42 Å². The predicted molar refractivity (Wildman–Crippen MR) is 61.7 cm³/mol. The van der Waals surface area contributed by atoms with Gasteiger partial charge in [-0.3, -0.25) is 4.79 Å². The van der Waals surface area contributed by atoms with Gasteiger partial charge in [0.2, 0.25) is 0 Å². The lowest BCUT2D eigenvalue weighted by Crippen LogP contribution is -2.46. The maximum absolute atomic E-state index is 10.9. The molecule has 0 fully saturated rings. The number of rotatable bonds is 7. The van der Waals surface area contributed by atoms with Gasteiger partial charge in [-0.1, -0.05) is 27.7 Å². The van der Waals surface area contributed by atoms with Crippen LogP contribution in [0.5, 0.6) is 0 Å². The second-order valence-corrected chi connectivity index (χ2v) is 4.86. The number of carboxylic acids is 1. The van der Waals surface area contributed by atoms with E-state index in [2.05, 4.69) is 19.2 Å². The molecule has 0 aromatic heterocycles. The number of hydrogen-bond acceptors (Lipinski definition) is 3. The van der Waals surface area contributed by atoms with Crippen molar-refractivity contribution in [3.05, 3.63) is 0 Å². The van der Waals surface area contributed by atoms with Crippen LogP contribution in [-0.4, -0.2) is 29.7 Å². The molecular weight excluding hydrogens is 192 g/mol. The largest absolute Gasteiger partial charge is 0.480 e. The highest BCUT2D eigenvalue weighted by molar-refractivity contribution is 5.73. The molecule has 4 nitrogen and oxygen atoms in total. The molecule has 0 radical (unpaired) electrons. The van der Waals surface area contributed by atoms with Crippen molar-refractivity contribution in [2.24, 2.45) is 17.6 Å². The molecule has 0 amide bonds. The first-order valence-electron chi connectivity index (χ1n) is 5.56. The van der Waals surface area contributed by atoms with Gasteiger partial charge in [-0.15, -0.1) is 0 Å². The molecule has 0 aliphatic heterocycles. The van der Waals surface area contributed by atoms with Crippen molar-refractivity contribution >= 4 is 5.97 Å². The first kappa shape index (κ1) is 14.4. The molecule has 2 atom stereocenters. The third-order valence-corrected chi connectivity index (χ3v) is 2.31. The summed E-state index contributed by atoms with van der Waals surface area (Å²) in [5.41, 5.74) is 5.87. The molecule has 0 saturated carbocycles. The Bertz CT molecular complexity index is 193. The number of nitrogens with one attached hydrogen (secondary N) is 1. The zero-order chi connectivity index (χ0) is 12.0. The molecule has 4 N–H and O–H groups in total. The monoisotopic (exact) mass is 216 g/mol. The lowest BCUT2D eigenvalue weighted by Gasteiger charge is -2.21. The van der Waals surface area contributed by atoms with E-state index in [1.165, 1.54) is 0 Å². The molecule has 90 valence electrons. The molecule has 4 heteroatoms. The third kappa shape index (κ3) is 6.47. The van der Waals surface area contributed by atoms with Crippen molar-refractivity contribution < 1.29 is 9.90 Å². The summed E-state index contributed by atoms with van der Waals surface area (Å²) in [7, 11) is 0. The van der Waals surface area contributed by atoms with Crippen molar-refractivity contribution in [1.82, 2.24) is 5.32 Å². The first-order chi connectivity index (χ1) is 6.84. The van der Waals surface area contributed by atoms with Gasteiger partial charge >= 0.3 is 5.97 Å². The summed E-state index contributed by atoms with van der Waals surface area (Å²) in [4.78, 5) is 10.9. The smallest absolute Gasteiger partial charge is 0.320 e. The van der Waals surface area contributed by atoms with Crippen molar-refractivity contribution in [3.8, 4) is 0 Å². The van der Waals surface area contributed by atoms with E-state index in [0.29, 0.717) is 12.5 Å². The molecule has 1 unspecified atom stereocenters. The van der Waals surface area contributed by atoms with E-state index in [4.69, 9.17) is 10.8 Å². The highest BCUT2D eigenvalue weighted by Gasteiger charge is 2.21. The van der Waals surface area contributed by atoms with E-state index < -0.39 is 12.0 Å². The summed E-state index contributed by atoms with van der Waals surface area (Å²) in [5.74, 6) is -0.181. The van der Waals surface area contributed by atoms with Crippen molar-refractivity contribution in [3.63, 3.8) is 0 Å². The maximum Gasteiger partial charge on any atom is 0.320 e. The second kappa shape index (κ2) is 6.80. The number of carboxylic acid groups (broad SMARTS) is 1. The number of carbonyl (C=O) groups is 1. The molecule has 0 rings (SSSR count). The highest BCUT2D eigenvalue weighted by atomic mass is 16.4. The molecule has 0 saturated heterocycles. The lowest BCUT2D eigenvalue weighted by atomic mass is 10.0. The summed E-state index contributed by atoms with van der Waals surface area (Å²) in [6.45, 7) is 8.56. The number of hydrogen-bond donors (Lipinski definition) is 3. The number of aliphatic carboxylic acids is 1. The van der Waals surface area contributed by atoms with Gasteiger partial charge in [0.05, 0.1) is 0 Å². The minimum Gasteiger partial charge on any atom is -0.480 e. The SMILES string of the molecule is CC(C)CC(N)CN[C@H](C(=O)O)C(C)C. The normalized spacial score (nSPS) is 15.7. The van der Waals surface area contributed by atoms with Crippen LogP contribution in [0.25, 0.3) is 0 Å². The Kier molecular flexibility index (Phi) is 6.52. The van der Waals surface area contributed by atoms with E-state index in [1.54, 1.807) is 0 Å². The fraction of sp³-hybridized carbons (Fsp3) is 0.909.